The van der Waals surface area contributed by atoms with Crippen LogP contribution < -0.4 is 0 Å². The molecule has 0 fully saturated rings. The number of benzene rings is 1. The van der Waals surface area contributed by atoms with Gasteiger partial charge < -0.3 is 9.15 Å². The second-order valence-electron chi connectivity index (χ2n) is 3.90. The predicted octanol–water partition coefficient (Wildman–Crippen LogP) is 4.35. The molecule has 0 aliphatic rings. The van der Waals surface area contributed by atoms with Gasteiger partial charge in [0, 0.05) is 5.39 Å². The molecule has 0 spiro atoms. The van der Waals surface area contributed by atoms with E-state index in [1.54, 1.807) is 6.92 Å². The smallest absolute Gasteiger partial charge is 0.421 e. The van der Waals surface area contributed by atoms with E-state index in [2.05, 4.69) is 0 Å². The Balaban J connectivity index is 2.63. The maximum absolute atomic E-state index is 13.1. The van der Waals surface area contributed by atoms with Crippen LogP contribution in [0.5, 0.6) is 0 Å². The molecule has 0 aliphatic heterocycles. The van der Waals surface area contributed by atoms with E-state index >= 15 is 0 Å². The van der Waals surface area contributed by atoms with Gasteiger partial charge in [-0.1, -0.05) is 11.8 Å². The molecular formula is C13H11F3O3S. The molecule has 0 saturated heterocycles. The van der Waals surface area contributed by atoms with Gasteiger partial charge in [-0.3, -0.25) is 0 Å². The molecule has 108 valence electrons. The average molecular weight is 304 g/mol. The van der Waals surface area contributed by atoms with Gasteiger partial charge in [-0.25, -0.2) is 4.79 Å². The van der Waals surface area contributed by atoms with Crippen molar-refractivity contribution in [3.8, 4) is 0 Å². The lowest BCUT2D eigenvalue weighted by atomic mass is 10.1. The van der Waals surface area contributed by atoms with Crippen LogP contribution in [0, 0.1) is 0 Å². The fourth-order valence-corrected chi connectivity index (χ4v) is 2.43. The number of carbonyl (C=O) groups excluding carboxylic acids is 1. The first kappa shape index (κ1) is 14.8. The number of alkyl halides is 3. The van der Waals surface area contributed by atoms with Crippen molar-refractivity contribution in [3.05, 3.63) is 29.3 Å². The van der Waals surface area contributed by atoms with Gasteiger partial charge in [0.1, 0.15) is 11.1 Å². The molecule has 0 atom stereocenters. The Bertz CT molecular complexity index is 646. The molecule has 0 bridgehead atoms. The van der Waals surface area contributed by atoms with Gasteiger partial charge in [0.2, 0.25) is 0 Å². The lowest BCUT2D eigenvalue weighted by Crippen LogP contribution is -2.07. The van der Waals surface area contributed by atoms with Crippen molar-refractivity contribution >= 4 is 28.7 Å². The second kappa shape index (κ2) is 5.40. The van der Waals surface area contributed by atoms with E-state index in [1.807, 2.05) is 0 Å². The van der Waals surface area contributed by atoms with Gasteiger partial charge in [-0.05, 0) is 31.4 Å². The second-order valence-corrected chi connectivity index (χ2v) is 4.68. The fourth-order valence-electron chi connectivity index (χ4n) is 1.83. The molecule has 0 saturated carbocycles. The molecule has 20 heavy (non-hydrogen) atoms. The molecule has 1 heterocycles. The maximum atomic E-state index is 13.1. The largest absolute Gasteiger partial charge is 0.462 e. The Hall–Kier alpha value is -1.63. The van der Waals surface area contributed by atoms with E-state index in [-0.39, 0.29) is 28.2 Å². The Morgan fingerprint density at radius 1 is 1.40 bits per heavy atom. The van der Waals surface area contributed by atoms with E-state index in [1.165, 1.54) is 18.4 Å². The van der Waals surface area contributed by atoms with E-state index in [0.29, 0.717) is 0 Å². The molecule has 0 amide bonds. The number of rotatable bonds is 3. The summed E-state index contributed by atoms with van der Waals surface area (Å²) in [6, 6.07) is 3.88. The number of ether oxygens (including phenoxy) is 1. The van der Waals surface area contributed by atoms with E-state index in [9.17, 15) is 18.0 Å². The Labute approximate surface area is 117 Å². The Morgan fingerprint density at radius 2 is 2.10 bits per heavy atom. The van der Waals surface area contributed by atoms with Gasteiger partial charge >= 0.3 is 12.1 Å². The highest BCUT2D eigenvalue weighted by Crippen LogP contribution is 2.43. The minimum atomic E-state index is -4.54. The standard InChI is InChI=1S/C13H11F3O3S/c1-3-18-11(17)7-4-5-9-8(6-7)10(13(14,15)16)12(19-9)20-2/h4-6H,3H2,1-2H3. The quantitative estimate of drug-likeness (QED) is 0.624. The molecule has 7 heteroatoms. The molecule has 0 unspecified atom stereocenters. The summed E-state index contributed by atoms with van der Waals surface area (Å²) in [6.07, 6.45) is -3.05. The summed E-state index contributed by atoms with van der Waals surface area (Å²) in [5.41, 5.74) is -0.695. The minimum absolute atomic E-state index is 0.0679. The third-order valence-electron chi connectivity index (χ3n) is 2.64. The molecule has 1 aromatic carbocycles. The highest BCUT2D eigenvalue weighted by molar-refractivity contribution is 7.98. The van der Waals surface area contributed by atoms with Crippen LogP contribution in [0.4, 0.5) is 13.2 Å². The van der Waals surface area contributed by atoms with Gasteiger partial charge in [-0.2, -0.15) is 13.2 Å². The maximum Gasteiger partial charge on any atom is 0.421 e. The van der Waals surface area contributed by atoms with Crippen LogP contribution in [0.15, 0.2) is 27.7 Å². The van der Waals surface area contributed by atoms with E-state index in [4.69, 9.17) is 9.15 Å². The molecule has 2 aromatic rings. The first-order valence-corrected chi connectivity index (χ1v) is 6.95. The van der Waals surface area contributed by atoms with Gasteiger partial charge in [-0.15, -0.1) is 0 Å². The van der Waals surface area contributed by atoms with Gasteiger partial charge in [0.25, 0.3) is 0 Å². The lowest BCUT2D eigenvalue weighted by molar-refractivity contribution is -0.139. The number of carbonyl (C=O) groups is 1. The van der Waals surface area contributed by atoms with Crippen LogP contribution in [0.3, 0.4) is 0 Å². The molecule has 0 aliphatic carbocycles. The summed E-state index contributed by atoms with van der Waals surface area (Å²) in [5, 5.41) is -0.346. The SMILES string of the molecule is CCOC(=O)c1ccc2oc(SC)c(C(F)(F)F)c2c1. The summed E-state index contributed by atoms with van der Waals surface area (Å²) in [7, 11) is 0. The van der Waals surface area contributed by atoms with Crippen molar-refractivity contribution in [2.45, 2.75) is 18.2 Å². The highest BCUT2D eigenvalue weighted by atomic mass is 32.2. The zero-order valence-electron chi connectivity index (χ0n) is 10.7. The summed E-state index contributed by atoms with van der Waals surface area (Å²) in [6.45, 7) is 1.78. The zero-order valence-corrected chi connectivity index (χ0v) is 11.5. The minimum Gasteiger partial charge on any atom is -0.462 e. The van der Waals surface area contributed by atoms with Gasteiger partial charge in [0.15, 0.2) is 5.09 Å². The number of hydrogen-bond donors (Lipinski definition) is 0. The third kappa shape index (κ3) is 2.63. The van der Waals surface area contributed by atoms with Crippen LogP contribution in [0.25, 0.3) is 11.0 Å². The fraction of sp³-hybridized carbons (Fsp3) is 0.308. The van der Waals surface area contributed by atoms with Crippen molar-refractivity contribution in [3.63, 3.8) is 0 Å². The van der Waals surface area contributed by atoms with E-state index < -0.39 is 17.7 Å². The molecule has 0 N–H and O–H groups in total. The summed E-state index contributed by atoms with van der Waals surface area (Å²) in [4.78, 5) is 11.6. The zero-order chi connectivity index (χ0) is 14.9. The normalized spacial score (nSPS) is 11.8. The Kier molecular flexibility index (Phi) is 3.99. The number of fused-ring (bicyclic) bond motifs is 1. The third-order valence-corrected chi connectivity index (χ3v) is 3.29. The first-order valence-electron chi connectivity index (χ1n) is 5.73. The van der Waals surface area contributed by atoms with Crippen LogP contribution in [0.2, 0.25) is 0 Å². The van der Waals surface area contributed by atoms with Crippen LogP contribution in [-0.2, 0) is 10.9 Å². The molecule has 0 radical (unpaired) electrons. The van der Waals surface area contributed by atoms with Crippen molar-refractivity contribution in [2.75, 3.05) is 12.9 Å². The number of halogens is 3. The number of furan rings is 1. The number of thioether (sulfide) groups is 1. The Morgan fingerprint density at radius 3 is 2.65 bits per heavy atom. The molecule has 3 nitrogen and oxygen atoms in total. The van der Waals surface area contributed by atoms with Crippen molar-refractivity contribution in [1.29, 1.82) is 0 Å². The first-order chi connectivity index (χ1) is 9.38. The highest BCUT2D eigenvalue weighted by Gasteiger charge is 2.38. The van der Waals surface area contributed by atoms with Crippen molar-refractivity contribution < 1.29 is 27.1 Å². The summed E-state index contributed by atoms with van der Waals surface area (Å²) >= 11 is 0.870. The lowest BCUT2D eigenvalue weighted by Gasteiger charge is -2.06. The molecule has 2 rings (SSSR count). The van der Waals surface area contributed by atoms with Gasteiger partial charge in [0.05, 0.1) is 12.2 Å². The topological polar surface area (TPSA) is 39.4 Å². The average Bonchev–Trinajstić information content (AvgIpc) is 2.76. The summed E-state index contributed by atoms with van der Waals surface area (Å²) in [5.74, 6) is -0.658. The molecular weight excluding hydrogens is 293 g/mol. The summed E-state index contributed by atoms with van der Waals surface area (Å²) < 4.78 is 49.2. The van der Waals surface area contributed by atoms with Crippen LogP contribution in [-0.4, -0.2) is 18.8 Å². The molecule has 1 aromatic heterocycles. The van der Waals surface area contributed by atoms with E-state index in [0.717, 1.165) is 17.8 Å². The monoisotopic (exact) mass is 304 g/mol. The number of hydrogen-bond acceptors (Lipinski definition) is 4. The van der Waals surface area contributed by atoms with Crippen LogP contribution in [0.1, 0.15) is 22.8 Å². The predicted molar refractivity (Wildman–Crippen MR) is 69.0 cm³/mol. The van der Waals surface area contributed by atoms with Crippen molar-refractivity contribution in [2.24, 2.45) is 0 Å². The number of esters is 1. The van der Waals surface area contributed by atoms with Crippen molar-refractivity contribution in [1.82, 2.24) is 0 Å². The van der Waals surface area contributed by atoms with Crippen LogP contribution >= 0.6 is 11.8 Å².